The van der Waals surface area contributed by atoms with Gasteiger partial charge in [0.05, 0.1) is 0 Å². The molecule has 0 N–H and O–H groups in total. The van der Waals surface area contributed by atoms with Crippen LogP contribution in [0.2, 0.25) is 0 Å². The summed E-state index contributed by atoms with van der Waals surface area (Å²) >= 11 is 0. The van der Waals surface area contributed by atoms with Crippen molar-refractivity contribution < 1.29 is 4.79 Å². The van der Waals surface area contributed by atoms with Gasteiger partial charge in [0.2, 0.25) is 0 Å². The van der Waals surface area contributed by atoms with Crippen LogP contribution in [0.1, 0.15) is 44.9 Å². The Balaban J connectivity index is 1.99. The number of hydrogen-bond acceptors (Lipinski definition) is 1. The van der Waals surface area contributed by atoms with Crippen molar-refractivity contribution in [1.29, 1.82) is 0 Å². The number of carbonyl (C=O) groups excluding carboxylic acids is 1. The normalized spacial score (nSPS) is 26.0. The van der Waals surface area contributed by atoms with Crippen LogP contribution in [0.3, 0.4) is 0 Å². The van der Waals surface area contributed by atoms with Gasteiger partial charge < -0.3 is 0 Å². The van der Waals surface area contributed by atoms with E-state index in [0.29, 0.717) is 5.78 Å². The lowest BCUT2D eigenvalue weighted by atomic mass is 9.83. The zero-order valence-electron chi connectivity index (χ0n) is 7.51. The summed E-state index contributed by atoms with van der Waals surface area (Å²) in [5.74, 6) is 1.13. The molecule has 0 atom stereocenters. The number of rotatable bonds is 1. The fourth-order valence-electron chi connectivity index (χ4n) is 2.41. The number of ketones is 1. The summed E-state index contributed by atoms with van der Waals surface area (Å²) in [4.78, 5) is 11.0. The third-order valence-corrected chi connectivity index (χ3v) is 3.14. The first-order valence-corrected chi connectivity index (χ1v) is 5.09. The molecule has 1 heteroatoms. The molecular formula is C11H16O. The van der Waals surface area contributed by atoms with E-state index >= 15 is 0 Å². The predicted octanol–water partition coefficient (Wildman–Crippen LogP) is 2.86. The van der Waals surface area contributed by atoms with Crippen molar-refractivity contribution in [2.24, 2.45) is 5.92 Å². The minimum Gasteiger partial charge on any atom is -0.295 e. The summed E-state index contributed by atoms with van der Waals surface area (Å²) in [5.41, 5.74) is 1.46. The molecule has 0 aromatic rings. The SMILES string of the molecule is O=C1C=C(C2CCCCC2)CC1. The van der Waals surface area contributed by atoms with E-state index in [1.54, 1.807) is 0 Å². The molecule has 0 saturated heterocycles. The lowest BCUT2D eigenvalue weighted by Crippen LogP contribution is -2.07. The second-order valence-corrected chi connectivity index (χ2v) is 4.02. The average Bonchev–Trinajstić information content (AvgIpc) is 2.54. The molecule has 0 radical (unpaired) electrons. The number of hydrogen-bond donors (Lipinski definition) is 0. The standard InChI is InChI=1S/C11H16O/c12-11-7-6-10(8-11)9-4-2-1-3-5-9/h8-9H,1-7H2. The third-order valence-electron chi connectivity index (χ3n) is 3.14. The van der Waals surface area contributed by atoms with Gasteiger partial charge in [-0.3, -0.25) is 4.79 Å². The van der Waals surface area contributed by atoms with E-state index in [1.165, 1.54) is 37.7 Å². The Morgan fingerprint density at radius 3 is 2.42 bits per heavy atom. The van der Waals surface area contributed by atoms with Crippen molar-refractivity contribution in [3.8, 4) is 0 Å². The highest BCUT2D eigenvalue weighted by Crippen LogP contribution is 2.34. The summed E-state index contributed by atoms with van der Waals surface area (Å²) in [5, 5.41) is 0. The largest absolute Gasteiger partial charge is 0.295 e. The van der Waals surface area contributed by atoms with E-state index in [0.717, 1.165) is 18.8 Å². The Morgan fingerprint density at radius 2 is 1.83 bits per heavy atom. The van der Waals surface area contributed by atoms with Crippen molar-refractivity contribution in [1.82, 2.24) is 0 Å². The summed E-state index contributed by atoms with van der Waals surface area (Å²) in [6.07, 6.45) is 10.6. The molecule has 1 nitrogen and oxygen atoms in total. The lowest BCUT2D eigenvalue weighted by molar-refractivity contribution is -0.114. The van der Waals surface area contributed by atoms with Crippen LogP contribution in [0.4, 0.5) is 0 Å². The van der Waals surface area contributed by atoms with Crippen molar-refractivity contribution in [2.45, 2.75) is 44.9 Å². The maximum atomic E-state index is 11.0. The molecule has 0 heterocycles. The van der Waals surface area contributed by atoms with E-state index in [2.05, 4.69) is 0 Å². The molecule has 0 unspecified atom stereocenters. The Labute approximate surface area is 73.8 Å². The van der Waals surface area contributed by atoms with Crippen molar-refractivity contribution in [3.63, 3.8) is 0 Å². The van der Waals surface area contributed by atoms with Crippen LogP contribution in [0.5, 0.6) is 0 Å². The zero-order chi connectivity index (χ0) is 8.39. The molecule has 66 valence electrons. The minimum atomic E-state index is 0.357. The maximum Gasteiger partial charge on any atom is 0.155 e. The van der Waals surface area contributed by atoms with Crippen LogP contribution in [0.25, 0.3) is 0 Å². The van der Waals surface area contributed by atoms with Gasteiger partial charge in [0.25, 0.3) is 0 Å². The Morgan fingerprint density at radius 1 is 1.08 bits per heavy atom. The van der Waals surface area contributed by atoms with Gasteiger partial charge in [0.1, 0.15) is 0 Å². The van der Waals surface area contributed by atoms with Crippen LogP contribution in [0.15, 0.2) is 11.6 Å². The number of carbonyl (C=O) groups is 1. The second kappa shape index (κ2) is 3.42. The van der Waals surface area contributed by atoms with Crippen LogP contribution in [-0.2, 0) is 4.79 Å². The Kier molecular flexibility index (Phi) is 2.29. The van der Waals surface area contributed by atoms with Crippen LogP contribution >= 0.6 is 0 Å². The van der Waals surface area contributed by atoms with Gasteiger partial charge in [-0.15, -0.1) is 0 Å². The van der Waals surface area contributed by atoms with Crippen molar-refractivity contribution in [2.75, 3.05) is 0 Å². The maximum absolute atomic E-state index is 11.0. The van der Waals surface area contributed by atoms with Crippen molar-refractivity contribution in [3.05, 3.63) is 11.6 Å². The Bertz CT molecular complexity index is 209. The number of allylic oxidation sites excluding steroid dienone is 2. The van der Waals surface area contributed by atoms with Crippen LogP contribution in [-0.4, -0.2) is 5.78 Å². The molecule has 0 aliphatic heterocycles. The molecule has 2 aliphatic carbocycles. The monoisotopic (exact) mass is 164 g/mol. The first kappa shape index (κ1) is 8.03. The van der Waals surface area contributed by atoms with E-state index in [9.17, 15) is 4.79 Å². The van der Waals surface area contributed by atoms with Gasteiger partial charge in [-0.1, -0.05) is 24.8 Å². The molecule has 0 aromatic heterocycles. The summed E-state index contributed by atoms with van der Waals surface area (Å²) in [6.45, 7) is 0. The molecule has 1 fully saturated rings. The average molecular weight is 164 g/mol. The highest BCUT2D eigenvalue weighted by atomic mass is 16.1. The highest BCUT2D eigenvalue weighted by Gasteiger charge is 2.22. The van der Waals surface area contributed by atoms with E-state index in [-0.39, 0.29) is 0 Å². The first-order valence-electron chi connectivity index (χ1n) is 5.09. The van der Waals surface area contributed by atoms with Gasteiger partial charge in [-0.05, 0) is 31.3 Å². The van der Waals surface area contributed by atoms with E-state index in [1.807, 2.05) is 6.08 Å². The first-order chi connectivity index (χ1) is 5.86. The summed E-state index contributed by atoms with van der Waals surface area (Å²) < 4.78 is 0. The zero-order valence-corrected chi connectivity index (χ0v) is 7.51. The van der Waals surface area contributed by atoms with Crippen molar-refractivity contribution >= 4 is 5.78 Å². The smallest absolute Gasteiger partial charge is 0.155 e. The molecule has 0 bridgehead atoms. The Hall–Kier alpha value is -0.590. The highest BCUT2D eigenvalue weighted by molar-refractivity contribution is 5.93. The molecular weight excluding hydrogens is 148 g/mol. The summed E-state index contributed by atoms with van der Waals surface area (Å²) in [6, 6.07) is 0. The van der Waals surface area contributed by atoms with Gasteiger partial charge in [0, 0.05) is 6.42 Å². The summed E-state index contributed by atoms with van der Waals surface area (Å²) in [7, 11) is 0. The van der Waals surface area contributed by atoms with Gasteiger partial charge in [0.15, 0.2) is 5.78 Å². The fraction of sp³-hybridized carbons (Fsp3) is 0.727. The van der Waals surface area contributed by atoms with E-state index < -0.39 is 0 Å². The quantitative estimate of drug-likeness (QED) is 0.582. The topological polar surface area (TPSA) is 17.1 Å². The van der Waals surface area contributed by atoms with Gasteiger partial charge >= 0.3 is 0 Å². The van der Waals surface area contributed by atoms with Gasteiger partial charge in [-0.2, -0.15) is 0 Å². The second-order valence-electron chi connectivity index (χ2n) is 4.02. The molecule has 12 heavy (non-hydrogen) atoms. The molecule has 2 aliphatic rings. The molecule has 0 spiro atoms. The fourth-order valence-corrected chi connectivity index (χ4v) is 2.41. The van der Waals surface area contributed by atoms with E-state index in [4.69, 9.17) is 0 Å². The molecule has 2 rings (SSSR count). The van der Waals surface area contributed by atoms with Gasteiger partial charge in [-0.25, -0.2) is 0 Å². The predicted molar refractivity (Wildman–Crippen MR) is 48.9 cm³/mol. The van der Waals surface area contributed by atoms with Crippen LogP contribution in [0, 0.1) is 5.92 Å². The molecule has 1 saturated carbocycles. The van der Waals surface area contributed by atoms with Crippen LogP contribution < -0.4 is 0 Å². The molecule has 0 aromatic carbocycles. The third kappa shape index (κ3) is 1.60. The molecule has 0 amide bonds. The minimum absolute atomic E-state index is 0.357. The lowest BCUT2D eigenvalue weighted by Gasteiger charge is -2.22.